The number of carbonyl (C=O) groups is 2. The molecule has 0 radical (unpaired) electrons. The topological polar surface area (TPSA) is 85.0 Å². The molecule has 0 saturated carbocycles. The molecule has 1 aromatic heterocycles. The highest BCUT2D eigenvalue weighted by atomic mass is 35.5. The number of nitrogens with one attached hydrogen (secondary N) is 2. The lowest BCUT2D eigenvalue weighted by atomic mass is 10.1. The molecule has 0 spiro atoms. The molecule has 0 aliphatic heterocycles. The smallest absolute Gasteiger partial charge is 0.224 e. The summed E-state index contributed by atoms with van der Waals surface area (Å²) in [6.07, 6.45) is 0.771. The van der Waals surface area contributed by atoms with Crippen LogP contribution >= 0.6 is 11.6 Å². The first kappa shape index (κ1) is 15.4. The Morgan fingerprint density at radius 1 is 1.43 bits per heavy atom. The highest BCUT2D eigenvalue weighted by Crippen LogP contribution is 2.26. The summed E-state index contributed by atoms with van der Waals surface area (Å²) in [6, 6.07) is 5.02. The summed E-state index contributed by atoms with van der Waals surface area (Å²) in [5.74, 6) is -1.57. The minimum Gasteiger partial charge on any atom is -0.543 e. The van der Waals surface area contributed by atoms with Crippen LogP contribution < -0.4 is 10.4 Å². The predicted octanol–water partition coefficient (Wildman–Crippen LogP) is 1.64. The lowest BCUT2D eigenvalue weighted by Gasteiger charge is -2.12. The number of amides is 1. The van der Waals surface area contributed by atoms with Crippen molar-refractivity contribution in [3.8, 4) is 0 Å². The van der Waals surface area contributed by atoms with Crippen molar-refractivity contribution in [3.05, 3.63) is 34.5 Å². The van der Waals surface area contributed by atoms with Crippen LogP contribution in [0.4, 0.5) is 0 Å². The summed E-state index contributed by atoms with van der Waals surface area (Å²) in [7, 11) is 0. The number of benzene rings is 1. The average Bonchev–Trinajstić information content (AvgIpc) is 2.77. The first-order valence-electron chi connectivity index (χ1n) is 6.73. The molecule has 112 valence electrons. The molecule has 0 aliphatic rings. The van der Waals surface area contributed by atoms with Crippen LogP contribution in [-0.4, -0.2) is 22.9 Å². The van der Waals surface area contributed by atoms with Crippen LogP contribution in [-0.2, 0) is 11.2 Å². The van der Waals surface area contributed by atoms with Gasteiger partial charge in [-0.1, -0.05) is 18.5 Å². The van der Waals surface area contributed by atoms with Crippen molar-refractivity contribution < 1.29 is 14.7 Å². The zero-order chi connectivity index (χ0) is 15.6. The maximum Gasteiger partial charge on any atom is 0.224 e. The minimum absolute atomic E-state index is 0.0337. The van der Waals surface area contributed by atoms with Gasteiger partial charge in [0.15, 0.2) is 0 Å². The van der Waals surface area contributed by atoms with Gasteiger partial charge in [-0.15, -0.1) is 0 Å². The van der Waals surface area contributed by atoms with Crippen molar-refractivity contribution in [1.29, 1.82) is 0 Å². The van der Waals surface area contributed by atoms with Crippen LogP contribution in [0.1, 0.15) is 36.3 Å². The second-order valence-electron chi connectivity index (χ2n) is 5.01. The zero-order valence-corrected chi connectivity index (χ0v) is 12.6. The van der Waals surface area contributed by atoms with Crippen molar-refractivity contribution in [2.45, 2.75) is 32.7 Å². The molecule has 0 fully saturated rings. The van der Waals surface area contributed by atoms with Crippen LogP contribution in [0.15, 0.2) is 18.2 Å². The maximum absolute atomic E-state index is 12.0. The SMILES string of the molecule is CCC(C)NC(=O)Cc1c(C(=O)[O-])[nH]c2ccc(Cl)cc12. The molecule has 1 aromatic carbocycles. The van der Waals surface area contributed by atoms with Gasteiger partial charge < -0.3 is 20.2 Å². The van der Waals surface area contributed by atoms with Crippen LogP contribution in [0, 0.1) is 0 Å². The fourth-order valence-corrected chi connectivity index (χ4v) is 2.34. The number of rotatable bonds is 5. The number of H-pyrrole nitrogens is 1. The van der Waals surface area contributed by atoms with E-state index in [-0.39, 0.29) is 24.1 Å². The van der Waals surface area contributed by atoms with Crippen LogP contribution in [0.5, 0.6) is 0 Å². The number of carboxylic acid groups (broad SMARTS) is 1. The summed E-state index contributed by atoms with van der Waals surface area (Å²) < 4.78 is 0. The van der Waals surface area contributed by atoms with E-state index in [0.717, 1.165) is 6.42 Å². The molecule has 0 bridgehead atoms. The van der Waals surface area contributed by atoms with Gasteiger partial charge in [0.25, 0.3) is 0 Å². The highest BCUT2D eigenvalue weighted by molar-refractivity contribution is 6.31. The van der Waals surface area contributed by atoms with Crippen molar-refractivity contribution in [1.82, 2.24) is 10.3 Å². The molecule has 0 saturated heterocycles. The molecule has 1 heterocycles. The number of aromatic amines is 1. The molecule has 5 nitrogen and oxygen atoms in total. The van der Waals surface area contributed by atoms with E-state index in [1.54, 1.807) is 18.2 Å². The third-order valence-electron chi connectivity index (χ3n) is 3.43. The lowest BCUT2D eigenvalue weighted by Crippen LogP contribution is -2.34. The van der Waals surface area contributed by atoms with E-state index < -0.39 is 5.97 Å². The summed E-state index contributed by atoms with van der Waals surface area (Å²) >= 11 is 5.95. The summed E-state index contributed by atoms with van der Waals surface area (Å²) in [6.45, 7) is 3.85. The number of carboxylic acids is 1. The Morgan fingerprint density at radius 2 is 2.14 bits per heavy atom. The second-order valence-corrected chi connectivity index (χ2v) is 5.45. The Labute approximate surface area is 127 Å². The van der Waals surface area contributed by atoms with Crippen LogP contribution in [0.25, 0.3) is 10.9 Å². The van der Waals surface area contributed by atoms with Gasteiger partial charge in [0.1, 0.15) is 0 Å². The van der Waals surface area contributed by atoms with Gasteiger partial charge in [0.05, 0.1) is 18.1 Å². The van der Waals surface area contributed by atoms with Gasteiger partial charge in [-0.3, -0.25) is 4.79 Å². The fourth-order valence-electron chi connectivity index (χ4n) is 2.17. The Balaban J connectivity index is 2.40. The normalized spacial score (nSPS) is 12.3. The third-order valence-corrected chi connectivity index (χ3v) is 3.66. The zero-order valence-electron chi connectivity index (χ0n) is 11.8. The molecule has 6 heteroatoms. The Kier molecular flexibility index (Phi) is 4.53. The lowest BCUT2D eigenvalue weighted by molar-refractivity contribution is -0.255. The molecule has 1 unspecified atom stereocenters. The van der Waals surface area contributed by atoms with Gasteiger partial charge in [-0.05, 0) is 37.1 Å². The standard InChI is InChI=1S/C15H17ClN2O3/c1-3-8(2)17-13(19)7-11-10-6-9(16)4-5-12(10)18-14(11)15(20)21/h4-6,8,18H,3,7H2,1-2H3,(H,17,19)(H,20,21)/p-1. The molecule has 1 amide bonds. The molecular formula is C15H16ClN2O3-. The number of aromatic nitrogens is 1. The third kappa shape index (κ3) is 3.36. The van der Waals surface area contributed by atoms with E-state index in [4.69, 9.17) is 11.6 Å². The van der Waals surface area contributed by atoms with E-state index >= 15 is 0 Å². The van der Waals surface area contributed by atoms with Gasteiger partial charge in [-0.2, -0.15) is 0 Å². The van der Waals surface area contributed by atoms with Gasteiger partial charge in [0, 0.05) is 22.0 Å². The van der Waals surface area contributed by atoms with E-state index in [1.165, 1.54) is 0 Å². The average molecular weight is 308 g/mol. The monoisotopic (exact) mass is 307 g/mol. The summed E-state index contributed by atoms with van der Waals surface area (Å²) in [5.41, 5.74) is 0.935. The number of fused-ring (bicyclic) bond motifs is 1. The highest BCUT2D eigenvalue weighted by Gasteiger charge is 2.16. The van der Waals surface area contributed by atoms with Gasteiger partial charge >= 0.3 is 0 Å². The molecule has 2 rings (SSSR count). The Bertz CT molecular complexity index is 694. The van der Waals surface area contributed by atoms with Crippen LogP contribution in [0.2, 0.25) is 5.02 Å². The minimum atomic E-state index is -1.34. The number of hydrogen-bond acceptors (Lipinski definition) is 3. The van der Waals surface area contributed by atoms with Crippen molar-refractivity contribution in [3.63, 3.8) is 0 Å². The van der Waals surface area contributed by atoms with Gasteiger partial charge in [-0.25, -0.2) is 0 Å². The quantitative estimate of drug-likeness (QED) is 0.880. The predicted molar refractivity (Wildman–Crippen MR) is 79.2 cm³/mol. The first-order valence-corrected chi connectivity index (χ1v) is 7.11. The van der Waals surface area contributed by atoms with Crippen LogP contribution in [0.3, 0.4) is 0 Å². The van der Waals surface area contributed by atoms with Gasteiger partial charge in [0.2, 0.25) is 5.91 Å². The Morgan fingerprint density at radius 3 is 2.76 bits per heavy atom. The molecule has 2 aromatic rings. The van der Waals surface area contributed by atoms with Crippen molar-refractivity contribution in [2.75, 3.05) is 0 Å². The first-order chi connectivity index (χ1) is 9.92. The molecule has 1 atom stereocenters. The number of hydrogen-bond donors (Lipinski definition) is 2. The largest absolute Gasteiger partial charge is 0.543 e. The Hall–Kier alpha value is -2.01. The van der Waals surface area contributed by atoms with E-state index in [9.17, 15) is 14.7 Å². The van der Waals surface area contributed by atoms with E-state index in [1.807, 2.05) is 13.8 Å². The van der Waals surface area contributed by atoms with Crippen molar-refractivity contribution >= 4 is 34.4 Å². The number of aromatic carboxylic acids is 1. The van der Waals surface area contributed by atoms with E-state index in [2.05, 4.69) is 10.3 Å². The molecule has 2 N–H and O–H groups in total. The second kappa shape index (κ2) is 6.18. The van der Waals surface area contributed by atoms with Crippen molar-refractivity contribution in [2.24, 2.45) is 0 Å². The molecular weight excluding hydrogens is 292 g/mol. The van der Waals surface area contributed by atoms with E-state index in [0.29, 0.717) is 21.5 Å². The molecule has 21 heavy (non-hydrogen) atoms. The number of carbonyl (C=O) groups excluding carboxylic acids is 2. The maximum atomic E-state index is 12.0. The fraction of sp³-hybridized carbons (Fsp3) is 0.333. The number of halogens is 1. The molecule has 0 aliphatic carbocycles. The summed E-state index contributed by atoms with van der Waals surface area (Å²) in [5, 5.41) is 15.2. The summed E-state index contributed by atoms with van der Waals surface area (Å²) in [4.78, 5) is 26.0.